The number of hydrogen-bond donors (Lipinski definition) is 3. The zero-order valence-electron chi connectivity index (χ0n) is 17.4. The Morgan fingerprint density at radius 3 is 2.83 bits per heavy atom. The number of alkyl halides is 2. The van der Waals surface area contributed by atoms with E-state index >= 15 is 0 Å². The lowest BCUT2D eigenvalue weighted by atomic mass is 9.76. The minimum absolute atomic E-state index is 0.152. The Bertz CT molecular complexity index is 908. The molecule has 3 rings (SSSR count). The SMILES string of the molecule is CC(C)C(C)(O)C1CCCN(c2cc(-c3cnc(/C=C\C(=N)C(F)F)[nH]3)ncn2)C1. The zero-order chi connectivity index (χ0) is 21.9. The van der Waals surface area contributed by atoms with Crippen LogP contribution in [0.2, 0.25) is 0 Å². The maximum absolute atomic E-state index is 12.4. The van der Waals surface area contributed by atoms with Gasteiger partial charge in [-0.05, 0) is 37.8 Å². The second kappa shape index (κ2) is 8.99. The zero-order valence-corrected chi connectivity index (χ0v) is 17.4. The van der Waals surface area contributed by atoms with Crippen molar-refractivity contribution in [2.45, 2.75) is 45.6 Å². The number of nitrogens with one attached hydrogen (secondary N) is 2. The molecule has 1 aliphatic heterocycles. The van der Waals surface area contributed by atoms with E-state index in [1.54, 1.807) is 6.20 Å². The highest BCUT2D eigenvalue weighted by Crippen LogP contribution is 2.34. The van der Waals surface area contributed by atoms with Crippen molar-refractivity contribution in [2.75, 3.05) is 18.0 Å². The third-order valence-corrected chi connectivity index (χ3v) is 5.92. The molecule has 7 nitrogen and oxygen atoms in total. The predicted octanol–water partition coefficient (Wildman–Crippen LogP) is 3.79. The fourth-order valence-electron chi connectivity index (χ4n) is 3.59. The summed E-state index contributed by atoms with van der Waals surface area (Å²) in [4.78, 5) is 18.0. The molecular formula is C21H28F2N6O. The molecule has 1 saturated heterocycles. The fourth-order valence-corrected chi connectivity index (χ4v) is 3.59. The molecule has 2 aromatic rings. The van der Waals surface area contributed by atoms with Crippen LogP contribution in [0, 0.1) is 17.2 Å². The van der Waals surface area contributed by atoms with E-state index in [1.807, 2.05) is 26.8 Å². The molecule has 30 heavy (non-hydrogen) atoms. The Morgan fingerprint density at radius 1 is 1.37 bits per heavy atom. The number of nitrogens with zero attached hydrogens (tertiary/aromatic N) is 4. The topological polar surface area (TPSA) is 102 Å². The Morgan fingerprint density at radius 2 is 2.13 bits per heavy atom. The van der Waals surface area contributed by atoms with Gasteiger partial charge >= 0.3 is 0 Å². The van der Waals surface area contributed by atoms with Crippen LogP contribution in [0.25, 0.3) is 17.5 Å². The molecule has 0 spiro atoms. The van der Waals surface area contributed by atoms with E-state index in [0.717, 1.165) is 31.3 Å². The van der Waals surface area contributed by atoms with Crippen LogP contribution in [0.15, 0.2) is 24.7 Å². The highest BCUT2D eigenvalue weighted by Gasteiger charge is 2.37. The van der Waals surface area contributed by atoms with Crippen molar-refractivity contribution in [3.8, 4) is 11.4 Å². The van der Waals surface area contributed by atoms with Gasteiger partial charge in [0.15, 0.2) is 0 Å². The summed E-state index contributed by atoms with van der Waals surface area (Å²) in [5.74, 6) is 1.45. The van der Waals surface area contributed by atoms with E-state index in [2.05, 4.69) is 24.8 Å². The number of rotatable bonds is 7. The maximum atomic E-state index is 12.4. The summed E-state index contributed by atoms with van der Waals surface area (Å²) in [7, 11) is 0. The van der Waals surface area contributed by atoms with Crippen LogP contribution >= 0.6 is 0 Å². The van der Waals surface area contributed by atoms with E-state index in [0.29, 0.717) is 23.8 Å². The predicted molar refractivity (Wildman–Crippen MR) is 113 cm³/mol. The molecule has 3 heterocycles. The summed E-state index contributed by atoms with van der Waals surface area (Å²) in [6.45, 7) is 7.55. The minimum Gasteiger partial charge on any atom is -0.390 e. The summed E-state index contributed by atoms with van der Waals surface area (Å²) in [6, 6.07) is 1.86. The van der Waals surface area contributed by atoms with Gasteiger partial charge in [0.2, 0.25) is 0 Å². The molecule has 0 aromatic carbocycles. The van der Waals surface area contributed by atoms with Gasteiger partial charge in [-0.15, -0.1) is 0 Å². The first-order valence-electron chi connectivity index (χ1n) is 10.1. The fraction of sp³-hybridized carbons (Fsp3) is 0.524. The van der Waals surface area contributed by atoms with Crippen LogP contribution in [0.4, 0.5) is 14.6 Å². The number of halogens is 2. The third-order valence-electron chi connectivity index (χ3n) is 5.92. The lowest BCUT2D eigenvalue weighted by Crippen LogP contribution is -2.49. The summed E-state index contributed by atoms with van der Waals surface area (Å²) in [5, 5.41) is 18.1. The van der Waals surface area contributed by atoms with Gasteiger partial charge in [0.25, 0.3) is 6.43 Å². The van der Waals surface area contributed by atoms with Crippen molar-refractivity contribution in [2.24, 2.45) is 11.8 Å². The van der Waals surface area contributed by atoms with E-state index in [9.17, 15) is 13.9 Å². The van der Waals surface area contributed by atoms with Crippen LogP contribution < -0.4 is 4.90 Å². The molecule has 2 aromatic heterocycles. The third kappa shape index (κ3) is 4.89. The smallest absolute Gasteiger partial charge is 0.279 e. The standard InChI is InChI=1S/C21H28F2N6O/c1-13(2)21(3,30)14-5-4-8-29(11-14)19-9-16(26-12-27-19)17-10-25-18(28-17)7-6-15(24)20(22)23/h6-7,9-10,12-14,20,24,30H,4-5,8,11H2,1-3H3,(H,25,28)/b7-6-,24-15?. The van der Waals surface area contributed by atoms with Crippen molar-refractivity contribution in [1.29, 1.82) is 5.41 Å². The number of allylic oxidation sites excluding steroid dienone is 1. The van der Waals surface area contributed by atoms with E-state index in [4.69, 9.17) is 5.41 Å². The second-order valence-corrected chi connectivity index (χ2v) is 8.20. The van der Waals surface area contributed by atoms with E-state index < -0.39 is 17.7 Å². The van der Waals surface area contributed by atoms with Crippen LogP contribution in [0.5, 0.6) is 0 Å². The molecule has 2 unspecified atom stereocenters. The van der Waals surface area contributed by atoms with Gasteiger partial charge in [-0.3, -0.25) is 5.41 Å². The van der Waals surface area contributed by atoms with Gasteiger partial charge in [0.1, 0.15) is 18.0 Å². The van der Waals surface area contributed by atoms with Crippen LogP contribution in [0.3, 0.4) is 0 Å². The van der Waals surface area contributed by atoms with E-state index in [1.165, 1.54) is 12.4 Å². The first-order chi connectivity index (χ1) is 14.2. The van der Waals surface area contributed by atoms with Crippen molar-refractivity contribution in [1.82, 2.24) is 19.9 Å². The highest BCUT2D eigenvalue weighted by atomic mass is 19.3. The lowest BCUT2D eigenvalue weighted by molar-refractivity contribution is -0.0462. The van der Waals surface area contributed by atoms with Gasteiger partial charge in [-0.1, -0.05) is 13.8 Å². The number of H-pyrrole nitrogens is 1. The highest BCUT2D eigenvalue weighted by molar-refractivity contribution is 5.97. The Labute approximate surface area is 174 Å². The minimum atomic E-state index is -2.81. The Hall–Kier alpha value is -2.68. The normalized spacial score (nSPS) is 19.6. The van der Waals surface area contributed by atoms with Crippen molar-refractivity contribution < 1.29 is 13.9 Å². The van der Waals surface area contributed by atoms with Crippen molar-refractivity contribution in [3.63, 3.8) is 0 Å². The quantitative estimate of drug-likeness (QED) is 0.594. The molecule has 0 saturated carbocycles. The van der Waals surface area contributed by atoms with Gasteiger partial charge in [0.05, 0.1) is 28.9 Å². The van der Waals surface area contributed by atoms with Crippen LogP contribution in [0.1, 0.15) is 39.4 Å². The molecule has 162 valence electrons. The summed E-state index contributed by atoms with van der Waals surface area (Å²) in [6.07, 6.45) is 4.55. The number of anilines is 1. The maximum Gasteiger partial charge on any atom is 0.279 e. The second-order valence-electron chi connectivity index (χ2n) is 8.20. The molecule has 1 aliphatic rings. The van der Waals surface area contributed by atoms with Crippen LogP contribution in [-0.4, -0.2) is 55.9 Å². The average Bonchev–Trinajstić information content (AvgIpc) is 3.21. The van der Waals surface area contributed by atoms with E-state index in [-0.39, 0.29) is 11.8 Å². The van der Waals surface area contributed by atoms with Gasteiger partial charge in [-0.25, -0.2) is 23.7 Å². The monoisotopic (exact) mass is 418 g/mol. The largest absolute Gasteiger partial charge is 0.390 e. The molecule has 0 bridgehead atoms. The average molecular weight is 418 g/mol. The lowest BCUT2D eigenvalue weighted by Gasteiger charge is -2.43. The number of hydrogen-bond acceptors (Lipinski definition) is 6. The number of aromatic nitrogens is 4. The molecule has 0 aliphatic carbocycles. The van der Waals surface area contributed by atoms with Crippen LogP contribution in [-0.2, 0) is 0 Å². The molecular weight excluding hydrogens is 390 g/mol. The molecule has 3 N–H and O–H groups in total. The molecule has 2 atom stereocenters. The number of aliphatic hydroxyl groups is 1. The molecule has 0 radical (unpaired) electrons. The Kier molecular flexibility index (Phi) is 6.60. The summed E-state index contributed by atoms with van der Waals surface area (Å²) >= 11 is 0. The van der Waals surface area contributed by atoms with Gasteiger partial charge < -0.3 is 15.0 Å². The molecule has 9 heteroatoms. The molecule has 0 amide bonds. The van der Waals surface area contributed by atoms with Crippen molar-refractivity contribution in [3.05, 3.63) is 30.5 Å². The van der Waals surface area contributed by atoms with Gasteiger partial charge in [0, 0.05) is 25.1 Å². The number of piperidine rings is 1. The Balaban J connectivity index is 1.76. The summed E-state index contributed by atoms with van der Waals surface area (Å²) in [5.41, 5.74) is -0.252. The number of aromatic amines is 1. The van der Waals surface area contributed by atoms with Crippen molar-refractivity contribution >= 4 is 17.6 Å². The first-order valence-corrected chi connectivity index (χ1v) is 10.1. The number of imidazole rings is 1. The first kappa shape index (κ1) is 22.0. The molecule has 1 fully saturated rings. The summed E-state index contributed by atoms with van der Waals surface area (Å²) < 4.78 is 24.8. The van der Waals surface area contributed by atoms with Gasteiger partial charge in [-0.2, -0.15) is 0 Å².